The van der Waals surface area contributed by atoms with E-state index in [9.17, 15) is 4.79 Å². The minimum Gasteiger partial charge on any atom is -0.461 e. The van der Waals surface area contributed by atoms with Crippen molar-refractivity contribution in [1.82, 2.24) is 0 Å². The highest BCUT2D eigenvalue weighted by atomic mass is 35.5. The lowest BCUT2D eigenvalue weighted by Crippen LogP contribution is -2.03. The van der Waals surface area contributed by atoms with E-state index in [-0.39, 0.29) is 5.78 Å². The standard InChI is InChI=1S/C13H11ClO2/c1-9-6-7-16-13(9)12(15)8-10-2-4-11(14)5-3-10/h2-7H,8H2,1H3. The molecule has 0 saturated heterocycles. The monoisotopic (exact) mass is 234 g/mol. The van der Waals surface area contributed by atoms with E-state index in [1.165, 1.54) is 6.26 Å². The van der Waals surface area contributed by atoms with Gasteiger partial charge in [-0.2, -0.15) is 0 Å². The average Bonchev–Trinajstić information content (AvgIpc) is 2.68. The lowest BCUT2D eigenvalue weighted by atomic mass is 10.1. The van der Waals surface area contributed by atoms with Crippen LogP contribution in [0.2, 0.25) is 5.02 Å². The molecule has 0 aliphatic carbocycles. The molecule has 16 heavy (non-hydrogen) atoms. The predicted octanol–water partition coefficient (Wildman–Crippen LogP) is 3.67. The van der Waals surface area contributed by atoms with Gasteiger partial charge >= 0.3 is 0 Å². The molecule has 0 aliphatic rings. The first-order valence-electron chi connectivity index (χ1n) is 4.98. The van der Waals surface area contributed by atoms with Crippen molar-refractivity contribution in [3.8, 4) is 0 Å². The number of aryl methyl sites for hydroxylation is 1. The van der Waals surface area contributed by atoms with E-state index < -0.39 is 0 Å². The fraction of sp³-hybridized carbons (Fsp3) is 0.154. The number of halogens is 1. The summed E-state index contributed by atoms with van der Waals surface area (Å²) in [5.41, 5.74) is 1.81. The molecule has 2 rings (SSSR count). The lowest BCUT2D eigenvalue weighted by Gasteiger charge is -2.00. The summed E-state index contributed by atoms with van der Waals surface area (Å²) in [5.74, 6) is 0.430. The number of ketones is 1. The van der Waals surface area contributed by atoms with E-state index in [1.807, 2.05) is 19.1 Å². The summed E-state index contributed by atoms with van der Waals surface area (Å²) in [6.07, 6.45) is 1.87. The summed E-state index contributed by atoms with van der Waals surface area (Å²) in [6, 6.07) is 9.03. The Kier molecular flexibility index (Phi) is 3.11. The second-order valence-electron chi connectivity index (χ2n) is 3.66. The zero-order valence-corrected chi connectivity index (χ0v) is 9.62. The van der Waals surface area contributed by atoms with Gasteiger partial charge in [0.05, 0.1) is 6.26 Å². The van der Waals surface area contributed by atoms with Gasteiger partial charge in [0.1, 0.15) is 0 Å². The fourth-order valence-corrected chi connectivity index (χ4v) is 1.65. The maximum Gasteiger partial charge on any atom is 0.202 e. The smallest absolute Gasteiger partial charge is 0.202 e. The molecule has 0 bridgehead atoms. The Morgan fingerprint density at radius 1 is 1.25 bits per heavy atom. The number of hydrogen-bond donors (Lipinski definition) is 0. The van der Waals surface area contributed by atoms with Crippen molar-refractivity contribution in [1.29, 1.82) is 0 Å². The Balaban J connectivity index is 2.14. The summed E-state index contributed by atoms with van der Waals surface area (Å²) < 4.78 is 5.15. The van der Waals surface area contributed by atoms with Crippen molar-refractivity contribution < 1.29 is 9.21 Å². The molecule has 0 atom stereocenters. The van der Waals surface area contributed by atoms with Crippen molar-refractivity contribution in [3.05, 3.63) is 58.5 Å². The van der Waals surface area contributed by atoms with Crippen LogP contribution < -0.4 is 0 Å². The fourth-order valence-electron chi connectivity index (χ4n) is 1.53. The lowest BCUT2D eigenvalue weighted by molar-refractivity contribution is 0.0965. The Morgan fingerprint density at radius 3 is 2.50 bits per heavy atom. The highest BCUT2D eigenvalue weighted by molar-refractivity contribution is 6.30. The molecule has 82 valence electrons. The number of Topliss-reactive ketones (excluding diaryl/α,β-unsaturated/α-hetero) is 1. The molecule has 0 aliphatic heterocycles. The minimum absolute atomic E-state index is 0.00942. The number of carbonyl (C=O) groups is 1. The van der Waals surface area contributed by atoms with E-state index in [1.54, 1.807) is 18.2 Å². The molecule has 1 aromatic heterocycles. The summed E-state index contributed by atoms with van der Waals surface area (Å²) in [5, 5.41) is 0.672. The van der Waals surface area contributed by atoms with Gasteiger partial charge in [0.15, 0.2) is 5.76 Å². The van der Waals surface area contributed by atoms with E-state index in [4.69, 9.17) is 16.0 Å². The number of carbonyl (C=O) groups excluding carboxylic acids is 1. The molecule has 1 aromatic carbocycles. The van der Waals surface area contributed by atoms with E-state index in [2.05, 4.69) is 0 Å². The largest absolute Gasteiger partial charge is 0.461 e. The second-order valence-corrected chi connectivity index (χ2v) is 4.10. The molecule has 0 unspecified atom stereocenters. The van der Waals surface area contributed by atoms with Crippen LogP contribution >= 0.6 is 11.6 Å². The third-order valence-electron chi connectivity index (χ3n) is 2.39. The van der Waals surface area contributed by atoms with Gasteiger partial charge < -0.3 is 4.42 Å². The van der Waals surface area contributed by atoms with Gasteiger partial charge in [0.2, 0.25) is 5.78 Å². The maximum atomic E-state index is 11.9. The average molecular weight is 235 g/mol. The normalized spacial score (nSPS) is 10.4. The van der Waals surface area contributed by atoms with Crippen LogP contribution in [0, 0.1) is 6.92 Å². The van der Waals surface area contributed by atoms with Crippen LogP contribution in [0.1, 0.15) is 21.7 Å². The molecule has 3 heteroatoms. The maximum absolute atomic E-state index is 11.9. The molecule has 2 nitrogen and oxygen atoms in total. The first-order valence-corrected chi connectivity index (χ1v) is 5.36. The van der Waals surface area contributed by atoms with E-state index >= 15 is 0 Å². The quantitative estimate of drug-likeness (QED) is 0.759. The number of hydrogen-bond acceptors (Lipinski definition) is 2. The summed E-state index contributed by atoms with van der Waals surface area (Å²) in [4.78, 5) is 11.9. The Labute approximate surface area is 98.8 Å². The van der Waals surface area contributed by atoms with Gasteiger partial charge in [0.25, 0.3) is 0 Å². The highest BCUT2D eigenvalue weighted by Crippen LogP contribution is 2.15. The summed E-state index contributed by atoms with van der Waals surface area (Å²) in [6.45, 7) is 1.86. The highest BCUT2D eigenvalue weighted by Gasteiger charge is 2.12. The first kappa shape index (κ1) is 11.0. The molecule has 0 fully saturated rings. The van der Waals surface area contributed by atoms with Crippen LogP contribution in [0.4, 0.5) is 0 Å². The van der Waals surface area contributed by atoms with Gasteiger partial charge in [-0.1, -0.05) is 23.7 Å². The van der Waals surface area contributed by atoms with Crippen LogP contribution in [-0.2, 0) is 6.42 Å². The number of furan rings is 1. The SMILES string of the molecule is Cc1ccoc1C(=O)Cc1ccc(Cl)cc1. The molecule has 0 amide bonds. The van der Waals surface area contributed by atoms with Crippen LogP contribution in [0.15, 0.2) is 41.0 Å². The molecule has 0 saturated carbocycles. The van der Waals surface area contributed by atoms with Crippen molar-refractivity contribution >= 4 is 17.4 Å². The Bertz CT molecular complexity index is 497. The minimum atomic E-state index is -0.00942. The van der Waals surface area contributed by atoms with Crippen LogP contribution in [0.3, 0.4) is 0 Å². The van der Waals surface area contributed by atoms with Gasteiger partial charge in [0, 0.05) is 11.4 Å². The van der Waals surface area contributed by atoms with Gasteiger partial charge in [-0.15, -0.1) is 0 Å². The summed E-state index contributed by atoms with van der Waals surface area (Å²) >= 11 is 5.77. The van der Waals surface area contributed by atoms with Crippen LogP contribution in [0.5, 0.6) is 0 Å². The first-order chi connectivity index (χ1) is 7.66. The Morgan fingerprint density at radius 2 is 1.94 bits per heavy atom. The molecular formula is C13H11ClO2. The van der Waals surface area contributed by atoms with Crippen molar-refractivity contribution in [2.24, 2.45) is 0 Å². The zero-order chi connectivity index (χ0) is 11.5. The van der Waals surface area contributed by atoms with Crippen LogP contribution in [-0.4, -0.2) is 5.78 Å². The van der Waals surface area contributed by atoms with E-state index in [0.717, 1.165) is 11.1 Å². The molecule has 0 spiro atoms. The molecule has 1 heterocycles. The summed E-state index contributed by atoms with van der Waals surface area (Å²) in [7, 11) is 0. The van der Waals surface area contributed by atoms with Crippen molar-refractivity contribution in [3.63, 3.8) is 0 Å². The zero-order valence-electron chi connectivity index (χ0n) is 8.87. The van der Waals surface area contributed by atoms with Gasteiger partial charge in [-0.05, 0) is 36.2 Å². The topological polar surface area (TPSA) is 30.2 Å². The van der Waals surface area contributed by atoms with Crippen LogP contribution in [0.25, 0.3) is 0 Å². The molecule has 0 N–H and O–H groups in total. The molecule has 0 radical (unpaired) electrons. The molecule has 2 aromatic rings. The van der Waals surface area contributed by atoms with Gasteiger partial charge in [-0.25, -0.2) is 0 Å². The number of rotatable bonds is 3. The second kappa shape index (κ2) is 4.54. The van der Waals surface area contributed by atoms with Gasteiger partial charge in [-0.3, -0.25) is 4.79 Å². The van der Waals surface area contributed by atoms with E-state index in [0.29, 0.717) is 17.2 Å². The number of benzene rings is 1. The van der Waals surface area contributed by atoms with Crippen molar-refractivity contribution in [2.45, 2.75) is 13.3 Å². The molecular weight excluding hydrogens is 224 g/mol. The Hall–Kier alpha value is -1.54. The third-order valence-corrected chi connectivity index (χ3v) is 2.65. The predicted molar refractivity (Wildman–Crippen MR) is 62.9 cm³/mol. The van der Waals surface area contributed by atoms with Crippen molar-refractivity contribution in [2.75, 3.05) is 0 Å². The third kappa shape index (κ3) is 2.34.